The molecule has 0 bridgehead atoms. The first-order chi connectivity index (χ1) is 16.1. The number of para-hydroxylation sites is 1. The smallest absolute Gasteiger partial charge is 0.244 e. The molecule has 0 fully saturated rings. The van der Waals surface area contributed by atoms with Crippen LogP contribution in [0, 0.1) is 0 Å². The Morgan fingerprint density at radius 2 is 1.82 bits per heavy atom. The Hall–Kier alpha value is -2.59. The van der Waals surface area contributed by atoms with Gasteiger partial charge < -0.3 is 15.0 Å². The van der Waals surface area contributed by atoms with Crippen molar-refractivity contribution < 1.29 is 22.7 Å². The molecule has 2 rings (SSSR count). The number of benzene rings is 2. The molecule has 10 heteroatoms. The summed E-state index contributed by atoms with van der Waals surface area (Å²) in [5.74, 6) is -0.130. The lowest BCUT2D eigenvalue weighted by atomic mass is 10.1. The van der Waals surface area contributed by atoms with Crippen molar-refractivity contribution in [1.29, 1.82) is 0 Å². The van der Waals surface area contributed by atoms with Crippen molar-refractivity contribution in [3.05, 3.63) is 58.6 Å². The van der Waals surface area contributed by atoms with Crippen molar-refractivity contribution in [2.45, 2.75) is 39.3 Å². The molecule has 8 nitrogen and oxygen atoms in total. The van der Waals surface area contributed by atoms with E-state index in [0.717, 1.165) is 22.5 Å². The maximum atomic E-state index is 13.6. The van der Waals surface area contributed by atoms with Crippen LogP contribution in [0.4, 0.5) is 5.69 Å². The van der Waals surface area contributed by atoms with Crippen molar-refractivity contribution >= 4 is 43.5 Å². The molecule has 1 atom stereocenters. The van der Waals surface area contributed by atoms with Gasteiger partial charge in [-0.3, -0.25) is 13.9 Å². The maximum absolute atomic E-state index is 13.6. The molecule has 0 saturated heterocycles. The fraction of sp³-hybridized carbons (Fsp3) is 0.417. The molecule has 0 radical (unpaired) electrons. The number of hydrogen-bond donors (Lipinski definition) is 1. The topological polar surface area (TPSA) is 96.0 Å². The Kier molecular flexibility index (Phi) is 10.4. The lowest BCUT2D eigenvalue weighted by Gasteiger charge is -2.33. The number of rotatable bonds is 12. The average molecular weight is 555 g/mol. The molecule has 186 valence electrons. The van der Waals surface area contributed by atoms with E-state index in [2.05, 4.69) is 21.2 Å². The van der Waals surface area contributed by atoms with E-state index in [4.69, 9.17) is 4.74 Å². The molecule has 2 amide bonds. The minimum absolute atomic E-state index is 0.127. The molecule has 0 aliphatic rings. The van der Waals surface area contributed by atoms with Crippen LogP contribution in [0.25, 0.3) is 0 Å². The van der Waals surface area contributed by atoms with Crippen LogP contribution in [-0.2, 0) is 26.2 Å². The quantitative estimate of drug-likeness (QED) is 0.433. The van der Waals surface area contributed by atoms with Gasteiger partial charge in [0.1, 0.15) is 18.3 Å². The fourth-order valence-corrected chi connectivity index (χ4v) is 4.98. The van der Waals surface area contributed by atoms with Crippen LogP contribution in [0.15, 0.2) is 53.0 Å². The molecular formula is C24H32BrN3O5S. The largest absolute Gasteiger partial charge is 0.497 e. The monoisotopic (exact) mass is 553 g/mol. The minimum atomic E-state index is -3.78. The van der Waals surface area contributed by atoms with Crippen LogP contribution in [0.2, 0.25) is 0 Å². The maximum Gasteiger partial charge on any atom is 0.244 e. The van der Waals surface area contributed by atoms with E-state index in [1.165, 1.54) is 4.90 Å². The van der Waals surface area contributed by atoms with Crippen molar-refractivity contribution in [3.63, 3.8) is 0 Å². The number of sulfonamides is 1. The van der Waals surface area contributed by atoms with Crippen LogP contribution in [0.3, 0.4) is 0 Å². The molecule has 2 aromatic carbocycles. The molecular weight excluding hydrogens is 522 g/mol. The number of methoxy groups -OCH3 is 1. The number of hydrogen-bond acceptors (Lipinski definition) is 5. The van der Waals surface area contributed by atoms with E-state index in [-0.39, 0.29) is 12.5 Å². The highest BCUT2D eigenvalue weighted by Gasteiger charge is 2.32. The third-order valence-electron chi connectivity index (χ3n) is 5.22. The number of carbonyl (C=O) groups excluding carboxylic acids is 2. The third kappa shape index (κ3) is 7.46. The van der Waals surface area contributed by atoms with E-state index in [1.807, 2.05) is 19.9 Å². The second-order valence-corrected chi connectivity index (χ2v) is 10.6. The first-order valence-electron chi connectivity index (χ1n) is 11.0. The molecule has 0 aromatic heterocycles. The SMILES string of the molecule is CCCNC(=O)[C@H](CC)N(Cc1cccc(OC)c1)C(=O)CN(c1ccccc1Br)S(C)(=O)=O. The number of ether oxygens (including phenoxy) is 1. The van der Waals surface area contributed by atoms with Gasteiger partial charge in [0.05, 0.1) is 19.1 Å². The number of halogens is 1. The Bertz CT molecular complexity index is 1090. The molecule has 0 aliphatic heterocycles. The van der Waals surface area contributed by atoms with Gasteiger partial charge in [-0.1, -0.05) is 38.1 Å². The first kappa shape index (κ1) is 27.7. The molecule has 0 spiro atoms. The standard InChI is InChI=1S/C24H32BrN3O5S/c1-5-14-26-24(30)21(6-2)27(16-18-10-9-11-19(15-18)33-3)23(29)17-28(34(4,31)32)22-13-8-7-12-20(22)25/h7-13,15,21H,5-6,14,16-17H2,1-4H3,(H,26,30)/t21-/m0/s1. The normalized spacial score (nSPS) is 12.0. The summed E-state index contributed by atoms with van der Waals surface area (Å²) in [4.78, 5) is 28.0. The van der Waals surface area contributed by atoms with Gasteiger partial charge in [0.25, 0.3) is 0 Å². The molecule has 0 heterocycles. The van der Waals surface area contributed by atoms with E-state index < -0.39 is 28.5 Å². The van der Waals surface area contributed by atoms with E-state index >= 15 is 0 Å². The van der Waals surface area contributed by atoms with Gasteiger partial charge in [-0.25, -0.2) is 8.42 Å². The fourth-order valence-electron chi connectivity index (χ4n) is 3.50. The summed E-state index contributed by atoms with van der Waals surface area (Å²) in [6.07, 6.45) is 2.19. The molecule has 34 heavy (non-hydrogen) atoms. The molecule has 2 aromatic rings. The van der Waals surface area contributed by atoms with Crippen molar-refractivity contribution in [1.82, 2.24) is 10.2 Å². The Morgan fingerprint density at radius 3 is 2.41 bits per heavy atom. The van der Waals surface area contributed by atoms with Crippen LogP contribution in [0.5, 0.6) is 5.75 Å². The third-order valence-corrected chi connectivity index (χ3v) is 7.02. The summed E-state index contributed by atoms with van der Waals surface area (Å²) >= 11 is 3.37. The number of anilines is 1. The average Bonchev–Trinajstić information content (AvgIpc) is 2.80. The number of nitrogens with zero attached hydrogens (tertiary/aromatic N) is 2. The second kappa shape index (κ2) is 12.8. The molecule has 0 unspecified atom stereocenters. The van der Waals surface area contributed by atoms with Gasteiger partial charge in [-0.2, -0.15) is 0 Å². The summed E-state index contributed by atoms with van der Waals surface area (Å²) in [6.45, 7) is 3.94. The van der Waals surface area contributed by atoms with Crippen molar-refractivity contribution in [2.75, 3.05) is 30.8 Å². The predicted molar refractivity (Wildman–Crippen MR) is 137 cm³/mol. The van der Waals surface area contributed by atoms with Crippen LogP contribution < -0.4 is 14.4 Å². The molecule has 0 aliphatic carbocycles. The van der Waals surface area contributed by atoms with Crippen molar-refractivity contribution in [2.24, 2.45) is 0 Å². The van der Waals surface area contributed by atoms with Gasteiger partial charge >= 0.3 is 0 Å². The van der Waals surface area contributed by atoms with E-state index in [0.29, 0.717) is 28.9 Å². The lowest BCUT2D eigenvalue weighted by molar-refractivity contribution is -0.140. The zero-order valence-electron chi connectivity index (χ0n) is 20.0. The second-order valence-electron chi connectivity index (χ2n) is 7.81. The minimum Gasteiger partial charge on any atom is -0.497 e. The van der Waals surface area contributed by atoms with Crippen LogP contribution in [-0.4, -0.2) is 57.6 Å². The molecule has 0 saturated carbocycles. The Labute approximate surface area is 210 Å². The zero-order chi connectivity index (χ0) is 25.3. The summed E-state index contributed by atoms with van der Waals surface area (Å²) in [5, 5.41) is 2.85. The first-order valence-corrected chi connectivity index (χ1v) is 13.7. The van der Waals surface area contributed by atoms with Gasteiger partial charge in [0.2, 0.25) is 21.8 Å². The van der Waals surface area contributed by atoms with Gasteiger partial charge in [0.15, 0.2) is 0 Å². The number of amides is 2. The van der Waals surface area contributed by atoms with E-state index in [9.17, 15) is 18.0 Å². The highest BCUT2D eigenvalue weighted by molar-refractivity contribution is 9.10. The summed E-state index contributed by atoms with van der Waals surface area (Å²) in [7, 11) is -2.23. The van der Waals surface area contributed by atoms with E-state index in [1.54, 1.807) is 49.6 Å². The lowest BCUT2D eigenvalue weighted by Crippen LogP contribution is -2.52. The van der Waals surface area contributed by atoms with Gasteiger partial charge in [-0.05, 0) is 58.6 Å². The Morgan fingerprint density at radius 1 is 1.12 bits per heavy atom. The summed E-state index contributed by atoms with van der Waals surface area (Å²) in [6, 6.07) is 13.2. The highest BCUT2D eigenvalue weighted by Crippen LogP contribution is 2.28. The van der Waals surface area contributed by atoms with Gasteiger partial charge in [-0.15, -0.1) is 0 Å². The van der Waals surface area contributed by atoms with Crippen LogP contribution in [0.1, 0.15) is 32.3 Å². The molecule has 1 N–H and O–H groups in total. The predicted octanol–water partition coefficient (Wildman–Crippen LogP) is 3.56. The number of nitrogens with one attached hydrogen (secondary N) is 1. The van der Waals surface area contributed by atoms with Crippen LogP contribution >= 0.6 is 15.9 Å². The Balaban J connectivity index is 2.45. The number of carbonyl (C=O) groups is 2. The summed E-state index contributed by atoms with van der Waals surface area (Å²) in [5.41, 5.74) is 1.12. The van der Waals surface area contributed by atoms with Gasteiger partial charge in [0, 0.05) is 17.6 Å². The highest BCUT2D eigenvalue weighted by atomic mass is 79.9. The zero-order valence-corrected chi connectivity index (χ0v) is 22.4. The summed E-state index contributed by atoms with van der Waals surface area (Å²) < 4.78 is 32.2. The van der Waals surface area contributed by atoms with Crippen molar-refractivity contribution in [3.8, 4) is 5.75 Å².